The Balaban J connectivity index is 2.98. The van der Waals surface area contributed by atoms with Gasteiger partial charge in [0.05, 0.1) is 0 Å². The number of carbonyl (C=O) groups is 1. The van der Waals surface area contributed by atoms with Crippen LogP contribution in [0.2, 0.25) is 0 Å². The van der Waals surface area contributed by atoms with Crippen molar-refractivity contribution in [2.24, 2.45) is 0 Å². The van der Waals surface area contributed by atoms with Gasteiger partial charge >= 0.3 is 0 Å². The highest BCUT2D eigenvalue weighted by Crippen LogP contribution is 2.15. The summed E-state index contributed by atoms with van der Waals surface area (Å²) in [6.45, 7) is 6.23. The molecular formula is C15H17ClO. The van der Waals surface area contributed by atoms with Crippen LogP contribution in [0.15, 0.2) is 35.9 Å². The van der Waals surface area contributed by atoms with Crippen molar-refractivity contribution in [1.29, 1.82) is 0 Å². The Morgan fingerprint density at radius 2 is 2.12 bits per heavy atom. The lowest BCUT2D eigenvalue weighted by molar-refractivity contribution is 0.108. The van der Waals surface area contributed by atoms with E-state index in [0.717, 1.165) is 17.5 Å². The van der Waals surface area contributed by atoms with E-state index in [0.29, 0.717) is 5.56 Å². The fourth-order valence-electron chi connectivity index (χ4n) is 1.38. The zero-order chi connectivity index (χ0) is 12.8. The third-order valence-electron chi connectivity index (χ3n) is 2.72. The number of hydrogen-bond acceptors (Lipinski definition) is 1. The van der Waals surface area contributed by atoms with Crippen LogP contribution in [-0.2, 0) is 0 Å². The van der Waals surface area contributed by atoms with Gasteiger partial charge in [-0.3, -0.25) is 4.79 Å². The molecule has 0 bridgehead atoms. The molecule has 1 aromatic carbocycles. The summed E-state index contributed by atoms with van der Waals surface area (Å²) >= 11 is 5.46. The summed E-state index contributed by atoms with van der Waals surface area (Å²) in [4.78, 5) is 11.1. The van der Waals surface area contributed by atoms with Crippen LogP contribution in [0.5, 0.6) is 0 Å². The number of halogens is 1. The maximum absolute atomic E-state index is 11.1. The third-order valence-corrected chi connectivity index (χ3v) is 2.94. The molecule has 0 aliphatic carbocycles. The molecule has 0 aromatic heterocycles. The monoisotopic (exact) mass is 248 g/mol. The molecule has 90 valence electrons. The van der Waals surface area contributed by atoms with Crippen molar-refractivity contribution in [2.75, 3.05) is 0 Å². The average molecular weight is 249 g/mol. The number of rotatable bonds is 4. The highest BCUT2D eigenvalue weighted by atomic mass is 35.5. The molecule has 0 amide bonds. The quantitative estimate of drug-likeness (QED) is 0.555. The van der Waals surface area contributed by atoms with E-state index in [-0.39, 0.29) is 0 Å². The highest BCUT2D eigenvalue weighted by Gasteiger charge is 2.03. The Labute approximate surface area is 108 Å². The van der Waals surface area contributed by atoms with Crippen LogP contribution in [0.3, 0.4) is 0 Å². The van der Waals surface area contributed by atoms with E-state index in [4.69, 9.17) is 11.6 Å². The molecule has 0 atom stereocenters. The van der Waals surface area contributed by atoms with Crippen molar-refractivity contribution >= 4 is 22.9 Å². The summed E-state index contributed by atoms with van der Waals surface area (Å²) in [7, 11) is 0. The van der Waals surface area contributed by atoms with Gasteiger partial charge in [-0.1, -0.05) is 36.8 Å². The number of carbonyl (C=O) groups excluding carboxylic acids is 1. The summed E-state index contributed by atoms with van der Waals surface area (Å²) in [5, 5.41) is -0.417. The van der Waals surface area contributed by atoms with Crippen molar-refractivity contribution in [3.05, 3.63) is 52.6 Å². The molecule has 0 radical (unpaired) electrons. The van der Waals surface area contributed by atoms with Crippen LogP contribution < -0.4 is 0 Å². The van der Waals surface area contributed by atoms with Crippen LogP contribution in [0, 0.1) is 6.92 Å². The maximum Gasteiger partial charge on any atom is 0.252 e. The summed E-state index contributed by atoms with van der Waals surface area (Å²) in [6, 6.07) is 5.47. The van der Waals surface area contributed by atoms with Gasteiger partial charge in [0, 0.05) is 5.56 Å². The lowest BCUT2D eigenvalue weighted by atomic mass is 10.0. The first-order valence-corrected chi connectivity index (χ1v) is 6.06. The Hall–Kier alpha value is -1.34. The molecule has 0 unspecified atom stereocenters. The van der Waals surface area contributed by atoms with E-state index in [2.05, 4.69) is 19.9 Å². The first-order valence-electron chi connectivity index (χ1n) is 5.69. The van der Waals surface area contributed by atoms with Gasteiger partial charge in [-0.25, -0.2) is 0 Å². The summed E-state index contributed by atoms with van der Waals surface area (Å²) in [5.74, 6) is 0. The Morgan fingerprint density at radius 1 is 1.41 bits per heavy atom. The zero-order valence-electron chi connectivity index (χ0n) is 10.5. The Bertz CT molecular complexity index is 470. The number of aryl methyl sites for hydroxylation is 1. The fraction of sp³-hybridized carbons (Fsp3) is 0.267. The predicted molar refractivity (Wildman–Crippen MR) is 74.4 cm³/mol. The van der Waals surface area contributed by atoms with Gasteiger partial charge in [0.2, 0.25) is 0 Å². The molecule has 0 saturated heterocycles. The molecular weight excluding hydrogens is 232 g/mol. The van der Waals surface area contributed by atoms with Crippen LogP contribution in [0.1, 0.15) is 41.8 Å². The van der Waals surface area contributed by atoms with Crippen molar-refractivity contribution in [3.63, 3.8) is 0 Å². The fourth-order valence-corrected chi connectivity index (χ4v) is 1.49. The van der Waals surface area contributed by atoms with Crippen LogP contribution in [0.4, 0.5) is 0 Å². The Morgan fingerprint density at radius 3 is 2.71 bits per heavy atom. The first-order chi connectivity index (χ1) is 8.04. The normalized spacial score (nSPS) is 12.1. The van der Waals surface area contributed by atoms with Gasteiger partial charge < -0.3 is 0 Å². The molecule has 0 saturated carbocycles. The largest absolute Gasteiger partial charge is 0.276 e. The minimum atomic E-state index is -0.417. The third kappa shape index (κ3) is 4.20. The summed E-state index contributed by atoms with van der Waals surface area (Å²) in [6.07, 6.45) is 7.12. The molecule has 0 N–H and O–H groups in total. The first kappa shape index (κ1) is 13.7. The van der Waals surface area contributed by atoms with E-state index in [9.17, 15) is 4.79 Å². The molecule has 0 heterocycles. The van der Waals surface area contributed by atoms with E-state index in [1.54, 1.807) is 6.07 Å². The predicted octanol–water partition coefficient (Wildman–Crippen LogP) is 4.74. The molecule has 1 aromatic rings. The van der Waals surface area contributed by atoms with Crippen molar-refractivity contribution < 1.29 is 4.79 Å². The molecule has 0 aliphatic rings. The summed E-state index contributed by atoms with van der Waals surface area (Å²) < 4.78 is 0. The maximum atomic E-state index is 11.1. The average Bonchev–Trinajstić information content (AvgIpc) is 2.30. The summed E-state index contributed by atoms with van der Waals surface area (Å²) in [5.41, 5.74) is 4.01. The number of hydrogen-bond donors (Lipinski definition) is 0. The van der Waals surface area contributed by atoms with Gasteiger partial charge in [0.25, 0.3) is 5.24 Å². The van der Waals surface area contributed by atoms with E-state index in [1.807, 2.05) is 31.2 Å². The minimum absolute atomic E-state index is 0.417. The van der Waals surface area contributed by atoms with E-state index < -0.39 is 5.24 Å². The van der Waals surface area contributed by atoms with Crippen LogP contribution >= 0.6 is 11.6 Å². The molecule has 17 heavy (non-hydrogen) atoms. The van der Waals surface area contributed by atoms with Gasteiger partial charge in [-0.2, -0.15) is 0 Å². The van der Waals surface area contributed by atoms with E-state index >= 15 is 0 Å². The smallest absolute Gasteiger partial charge is 0.252 e. The van der Waals surface area contributed by atoms with Crippen molar-refractivity contribution in [1.82, 2.24) is 0 Å². The van der Waals surface area contributed by atoms with Gasteiger partial charge in [0.15, 0.2) is 0 Å². The van der Waals surface area contributed by atoms with Crippen molar-refractivity contribution in [2.45, 2.75) is 27.2 Å². The second-order valence-electron chi connectivity index (χ2n) is 4.07. The lowest BCUT2D eigenvalue weighted by Gasteiger charge is -2.01. The molecule has 0 aliphatic heterocycles. The molecule has 2 heteroatoms. The lowest BCUT2D eigenvalue weighted by Crippen LogP contribution is -1.91. The van der Waals surface area contributed by atoms with Gasteiger partial charge in [-0.15, -0.1) is 0 Å². The second kappa shape index (κ2) is 6.41. The minimum Gasteiger partial charge on any atom is -0.276 e. The zero-order valence-corrected chi connectivity index (χ0v) is 11.2. The SMILES string of the molecule is CC/C(C)=C/C=C\c1cc(C(=O)Cl)ccc1C. The number of benzene rings is 1. The molecule has 0 fully saturated rings. The highest BCUT2D eigenvalue weighted by molar-refractivity contribution is 6.67. The van der Waals surface area contributed by atoms with Crippen LogP contribution in [-0.4, -0.2) is 5.24 Å². The second-order valence-corrected chi connectivity index (χ2v) is 4.41. The van der Waals surface area contributed by atoms with Gasteiger partial charge in [0.1, 0.15) is 0 Å². The molecule has 1 nitrogen and oxygen atoms in total. The number of allylic oxidation sites excluding steroid dienone is 3. The van der Waals surface area contributed by atoms with Crippen LogP contribution in [0.25, 0.3) is 6.08 Å². The molecule has 1 rings (SSSR count). The van der Waals surface area contributed by atoms with Crippen molar-refractivity contribution in [3.8, 4) is 0 Å². The Kier molecular flexibility index (Phi) is 5.17. The topological polar surface area (TPSA) is 17.1 Å². The molecule has 0 spiro atoms. The van der Waals surface area contributed by atoms with E-state index in [1.165, 1.54) is 5.57 Å². The van der Waals surface area contributed by atoms with Gasteiger partial charge in [-0.05, 0) is 55.1 Å². The standard InChI is InChI=1S/C15H17ClO/c1-4-11(2)6-5-7-13-10-14(15(16)17)9-8-12(13)3/h5-10H,4H2,1-3H3/b7-5-,11-6+.